The molecule has 8 nitrogen and oxygen atoms in total. The van der Waals surface area contributed by atoms with Crippen LogP contribution in [0.1, 0.15) is 47.7 Å². The number of amides is 3. The summed E-state index contributed by atoms with van der Waals surface area (Å²) in [5.41, 5.74) is 4.80. The molecule has 3 amide bonds. The average molecular weight is 791 g/mol. The molecular formula is C43H40BrN3O5S. The van der Waals surface area contributed by atoms with E-state index in [0.717, 1.165) is 34.0 Å². The summed E-state index contributed by atoms with van der Waals surface area (Å²) in [5.74, 6) is -0.745. The number of nitrogens with zero attached hydrogens (tertiary/aromatic N) is 2. The van der Waals surface area contributed by atoms with Crippen LogP contribution in [-0.4, -0.2) is 40.1 Å². The molecule has 10 heteroatoms. The van der Waals surface area contributed by atoms with E-state index in [-0.39, 0.29) is 22.4 Å². The van der Waals surface area contributed by atoms with Crippen molar-refractivity contribution in [2.75, 3.05) is 12.4 Å². The second-order valence-electron chi connectivity index (χ2n) is 11.8. The van der Waals surface area contributed by atoms with Gasteiger partial charge in [-0.15, -0.1) is 0 Å². The largest absolute Gasteiger partial charge is 0.490 e. The molecule has 1 aliphatic heterocycles. The van der Waals surface area contributed by atoms with E-state index >= 15 is 0 Å². The van der Waals surface area contributed by atoms with E-state index in [1.807, 2.05) is 92.7 Å². The number of carbonyl (C=O) groups excluding carboxylic acids is 3. The summed E-state index contributed by atoms with van der Waals surface area (Å²) in [5, 5.41) is 3.19. The van der Waals surface area contributed by atoms with E-state index in [1.54, 1.807) is 43.4 Å². The summed E-state index contributed by atoms with van der Waals surface area (Å²) in [6.07, 6.45) is 8.17. The molecule has 1 heterocycles. The topological polar surface area (TPSA) is 97.3 Å². The van der Waals surface area contributed by atoms with Crippen LogP contribution in [0.4, 0.5) is 0 Å². The summed E-state index contributed by atoms with van der Waals surface area (Å²) < 4.78 is 12.6. The van der Waals surface area contributed by atoms with Crippen molar-refractivity contribution in [3.63, 3.8) is 0 Å². The number of halogens is 1. The van der Waals surface area contributed by atoms with Crippen LogP contribution in [0.3, 0.4) is 0 Å². The number of hydrogen-bond acceptors (Lipinski definition) is 6. The minimum absolute atomic E-state index is 0.0825. The molecule has 4 aromatic carbocycles. The molecule has 0 bridgehead atoms. The van der Waals surface area contributed by atoms with Gasteiger partial charge in [-0.1, -0.05) is 143 Å². The van der Waals surface area contributed by atoms with Crippen LogP contribution >= 0.6 is 27.7 Å². The second kappa shape index (κ2) is 18.9. The zero-order valence-corrected chi connectivity index (χ0v) is 32.2. The van der Waals surface area contributed by atoms with Gasteiger partial charge in [0.2, 0.25) is 5.91 Å². The van der Waals surface area contributed by atoms with Crippen LogP contribution in [0.5, 0.6) is 11.5 Å². The highest BCUT2D eigenvalue weighted by Crippen LogP contribution is 2.36. The summed E-state index contributed by atoms with van der Waals surface area (Å²) in [4.78, 5) is 47.0. The molecule has 0 atom stereocenters. The highest BCUT2D eigenvalue weighted by Gasteiger charge is 2.35. The van der Waals surface area contributed by atoms with E-state index in [2.05, 4.69) is 38.9 Å². The molecule has 0 fully saturated rings. The Morgan fingerprint density at radius 3 is 2.26 bits per heavy atom. The Morgan fingerprint density at radius 2 is 1.64 bits per heavy atom. The number of amidine groups is 1. The molecule has 4 aromatic rings. The second-order valence-corrected chi connectivity index (χ2v) is 13.6. The van der Waals surface area contributed by atoms with E-state index in [4.69, 9.17) is 9.47 Å². The van der Waals surface area contributed by atoms with Crippen molar-refractivity contribution in [1.29, 1.82) is 0 Å². The fourth-order valence-electron chi connectivity index (χ4n) is 5.55. The van der Waals surface area contributed by atoms with Gasteiger partial charge in [0.15, 0.2) is 16.7 Å². The fraction of sp³-hybridized carbons (Fsp3) is 0.163. The molecule has 53 heavy (non-hydrogen) atoms. The highest BCUT2D eigenvalue weighted by atomic mass is 79.9. The Morgan fingerprint density at radius 1 is 0.962 bits per heavy atom. The number of benzene rings is 4. The molecule has 0 saturated heterocycles. The van der Waals surface area contributed by atoms with Crippen LogP contribution < -0.4 is 14.8 Å². The quantitative estimate of drug-likeness (QED) is 0.0778. The third kappa shape index (κ3) is 10.1. The van der Waals surface area contributed by atoms with Gasteiger partial charge in [-0.25, -0.2) is 0 Å². The molecule has 0 spiro atoms. The van der Waals surface area contributed by atoms with Gasteiger partial charge in [-0.2, -0.15) is 4.99 Å². The van der Waals surface area contributed by atoms with Gasteiger partial charge in [0.1, 0.15) is 12.2 Å². The van der Waals surface area contributed by atoms with Gasteiger partial charge >= 0.3 is 0 Å². The molecule has 0 radical (unpaired) electrons. The zero-order chi connectivity index (χ0) is 37.7. The predicted molar refractivity (Wildman–Crippen MR) is 217 cm³/mol. The first-order valence-electron chi connectivity index (χ1n) is 17.0. The standard InChI is InChI=1S/C43H40BrN3O5S/c1-5-8-22-34(6-2)47-42(50)35(24-33-25-37(51-7-3)38(26-36(33)44)52-27-30-17-15-16-29(4)23-30)41(49)46-43(47)53-28-39(48)45-40(31-18-11-9-12-19-31)32-20-13-10-14-21-32/h5-6,8-26,40H,1,7,27-28H2,2-4H3,(H,45,48)/b22-8-,34-6+,35-24+. The van der Waals surface area contributed by atoms with Crippen molar-refractivity contribution in [2.24, 2.45) is 4.99 Å². The Labute approximate surface area is 323 Å². The molecule has 270 valence electrons. The Kier molecular flexibility index (Phi) is 13.8. The van der Waals surface area contributed by atoms with Crippen molar-refractivity contribution >= 4 is 56.7 Å². The molecule has 1 aliphatic rings. The number of aliphatic imine (C=N–C) groups is 1. The van der Waals surface area contributed by atoms with Crippen LogP contribution in [0, 0.1) is 6.92 Å². The number of allylic oxidation sites excluding steroid dienone is 4. The Hall–Kier alpha value is -5.45. The number of hydrogen-bond donors (Lipinski definition) is 1. The van der Waals surface area contributed by atoms with Crippen LogP contribution in [0.25, 0.3) is 6.08 Å². The lowest BCUT2D eigenvalue weighted by molar-refractivity contribution is -0.126. The van der Waals surface area contributed by atoms with Crippen molar-refractivity contribution in [1.82, 2.24) is 10.2 Å². The van der Waals surface area contributed by atoms with Crippen molar-refractivity contribution in [3.8, 4) is 11.5 Å². The molecule has 5 rings (SSSR count). The Balaban J connectivity index is 1.42. The third-order valence-electron chi connectivity index (χ3n) is 8.05. The summed E-state index contributed by atoms with van der Waals surface area (Å²) in [6, 6.07) is 30.5. The lowest BCUT2D eigenvalue weighted by Gasteiger charge is -2.28. The normalized spacial score (nSPS) is 14.1. The third-order valence-corrected chi connectivity index (χ3v) is 9.68. The predicted octanol–water partition coefficient (Wildman–Crippen LogP) is 9.13. The SMILES string of the molecule is C=C/C=C\C(=C/C)N1C(=O)/C(=C/c2cc(OCC)c(OCc3cccc(C)c3)cc2Br)C(=O)N=C1SCC(=O)NC(c1ccccc1)c1ccccc1. The molecule has 0 aromatic heterocycles. The molecular weight excluding hydrogens is 750 g/mol. The number of aryl methyl sites for hydroxylation is 1. The maximum absolute atomic E-state index is 14.3. The average Bonchev–Trinajstić information content (AvgIpc) is 3.16. The van der Waals surface area contributed by atoms with Crippen LogP contribution in [-0.2, 0) is 21.0 Å². The maximum atomic E-state index is 14.3. The van der Waals surface area contributed by atoms with E-state index in [0.29, 0.717) is 40.4 Å². The first-order valence-corrected chi connectivity index (χ1v) is 18.8. The summed E-state index contributed by atoms with van der Waals surface area (Å²) >= 11 is 4.61. The number of nitrogens with one attached hydrogen (secondary N) is 1. The minimum atomic E-state index is -0.728. The monoisotopic (exact) mass is 789 g/mol. The number of rotatable bonds is 14. The van der Waals surface area contributed by atoms with Gasteiger partial charge in [-0.05, 0) is 67.3 Å². The van der Waals surface area contributed by atoms with Crippen LogP contribution in [0.15, 0.2) is 149 Å². The highest BCUT2D eigenvalue weighted by molar-refractivity contribution is 9.10. The maximum Gasteiger partial charge on any atom is 0.285 e. The molecule has 0 aliphatic carbocycles. The first kappa shape index (κ1) is 38.8. The lowest BCUT2D eigenvalue weighted by atomic mass is 9.99. The van der Waals surface area contributed by atoms with Gasteiger partial charge in [-0.3, -0.25) is 19.3 Å². The van der Waals surface area contributed by atoms with E-state index in [1.165, 1.54) is 11.0 Å². The fourth-order valence-corrected chi connectivity index (χ4v) is 6.80. The van der Waals surface area contributed by atoms with Crippen molar-refractivity contribution in [3.05, 3.63) is 172 Å². The minimum Gasteiger partial charge on any atom is -0.490 e. The number of thioether (sulfide) groups is 1. The number of ether oxygens (including phenoxy) is 2. The van der Waals surface area contributed by atoms with Gasteiger partial charge in [0.05, 0.1) is 18.4 Å². The summed E-state index contributed by atoms with van der Waals surface area (Å²) in [6.45, 7) is 10.1. The number of carbonyl (C=O) groups is 3. The van der Waals surface area contributed by atoms with Crippen LogP contribution in [0.2, 0.25) is 0 Å². The molecule has 1 N–H and O–H groups in total. The van der Waals surface area contributed by atoms with E-state index in [9.17, 15) is 14.4 Å². The first-order chi connectivity index (χ1) is 25.7. The van der Waals surface area contributed by atoms with Gasteiger partial charge in [0.25, 0.3) is 11.8 Å². The molecule has 0 saturated carbocycles. The molecule has 0 unspecified atom stereocenters. The van der Waals surface area contributed by atoms with Crippen molar-refractivity contribution in [2.45, 2.75) is 33.4 Å². The lowest BCUT2D eigenvalue weighted by Crippen LogP contribution is -2.42. The summed E-state index contributed by atoms with van der Waals surface area (Å²) in [7, 11) is 0. The van der Waals surface area contributed by atoms with Crippen molar-refractivity contribution < 1.29 is 23.9 Å². The van der Waals surface area contributed by atoms with Gasteiger partial charge in [0, 0.05) is 10.2 Å². The zero-order valence-electron chi connectivity index (χ0n) is 29.8. The van der Waals surface area contributed by atoms with E-state index < -0.39 is 17.9 Å². The Bertz CT molecular complexity index is 2050. The van der Waals surface area contributed by atoms with Gasteiger partial charge < -0.3 is 14.8 Å². The smallest absolute Gasteiger partial charge is 0.285 e.